The number of rotatable bonds is 4. The highest BCUT2D eigenvalue weighted by Gasteiger charge is 2.32. The van der Waals surface area contributed by atoms with Gasteiger partial charge in [0.05, 0.1) is 19.3 Å². The van der Waals surface area contributed by atoms with Gasteiger partial charge in [-0.3, -0.25) is 4.90 Å². The van der Waals surface area contributed by atoms with Crippen molar-refractivity contribution in [2.24, 2.45) is 0 Å². The van der Waals surface area contributed by atoms with Gasteiger partial charge in [0.25, 0.3) is 0 Å². The molecule has 0 spiro atoms. The van der Waals surface area contributed by atoms with E-state index in [9.17, 15) is 4.79 Å². The van der Waals surface area contributed by atoms with Gasteiger partial charge >= 0.3 is 6.03 Å². The molecule has 1 N–H and O–H groups in total. The van der Waals surface area contributed by atoms with E-state index in [1.165, 1.54) is 0 Å². The van der Waals surface area contributed by atoms with Crippen LogP contribution in [0.15, 0.2) is 18.3 Å². The molecule has 0 aromatic carbocycles. The lowest BCUT2D eigenvalue weighted by atomic mass is 10.1. The standard InChI is InChI=1S/C18H28N4O3/c1-13-10-21(11-14(2)25-13)12-15-6-5-9-22(15)18(23)20-16-7-4-8-19-17(16)24-3/h4,7-8,13-15H,5-6,9-12H2,1-3H3,(H,20,23)/t13-,14-,15+/m0/s1. The van der Waals surface area contributed by atoms with Crippen molar-refractivity contribution in [2.45, 2.75) is 44.9 Å². The lowest BCUT2D eigenvalue weighted by molar-refractivity contribution is -0.0712. The number of anilines is 1. The molecule has 2 fully saturated rings. The Morgan fingerprint density at radius 2 is 2.16 bits per heavy atom. The van der Waals surface area contributed by atoms with Crippen LogP contribution in [0.25, 0.3) is 0 Å². The van der Waals surface area contributed by atoms with Crippen molar-refractivity contribution in [1.82, 2.24) is 14.8 Å². The van der Waals surface area contributed by atoms with Crippen LogP contribution in [0, 0.1) is 0 Å². The van der Waals surface area contributed by atoms with Gasteiger partial charge in [-0.05, 0) is 38.8 Å². The number of carbonyl (C=O) groups excluding carboxylic acids is 1. The molecule has 138 valence electrons. The van der Waals surface area contributed by atoms with Crippen molar-refractivity contribution in [1.29, 1.82) is 0 Å². The zero-order chi connectivity index (χ0) is 17.8. The molecule has 0 aliphatic carbocycles. The Kier molecular flexibility index (Phi) is 5.75. The minimum absolute atomic E-state index is 0.0804. The molecule has 2 saturated heterocycles. The Bertz CT molecular complexity index is 587. The molecule has 0 saturated carbocycles. The van der Waals surface area contributed by atoms with E-state index in [1.54, 1.807) is 25.4 Å². The Labute approximate surface area is 149 Å². The Hall–Kier alpha value is -1.86. The lowest BCUT2D eigenvalue weighted by Gasteiger charge is -2.38. The number of methoxy groups -OCH3 is 1. The van der Waals surface area contributed by atoms with Crippen LogP contribution >= 0.6 is 0 Å². The molecule has 3 atom stereocenters. The summed E-state index contributed by atoms with van der Waals surface area (Å²) in [6.45, 7) is 7.75. The molecule has 0 unspecified atom stereocenters. The summed E-state index contributed by atoms with van der Waals surface area (Å²) >= 11 is 0. The molecule has 7 nitrogen and oxygen atoms in total. The molecule has 0 radical (unpaired) electrons. The smallest absolute Gasteiger partial charge is 0.322 e. The fourth-order valence-corrected chi connectivity index (χ4v) is 3.86. The summed E-state index contributed by atoms with van der Waals surface area (Å²) in [6.07, 6.45) is 4.21. The van der Waals surface area contributed by atoms with Crippen molar-refractivity contribution in [3.8, 4) is 5.88 Å². The molecule has 3 rings (SSSR count). The van der Waals surface area contributed by atoms with E-state index in [4.69, 9.17) is 9.47 Å². The summed E-state index contributed by atoms with van der Waals surface area (Å²) in [7, 11) is 1.55. The molecule has 1 aromatic rings. The van der Waals surface area contributed by atoms with Crippen LogP contribution in [-0.2, 0) is 4.74 Å². The SMILES string of the molecule is COc1ncccc1NC(=O)N1CCC[C@@H]1CN1C[C@H](C)O[C@@H](C)C1. The predicted molar refractivity (Wildman–Crippen MR) is 96.0 cm³/mol. The number of likely N-dealkylation sites (tertiary alicyclic amines) is 1. The van der Waals surface area contributed by atoms with Crippen LogP contribution in [-0.4, -0.2) is 72.4 Å². The van der Waals surface area contributed by atoms with Gasteiger partial charge in [0.15, 0.2) is 0 Å². The first-order chi connectivity index (χ1) is 12.1. The van der Waals surface area contributed by atoms with Crippen molar-refractivity contribution in [3.05, 3.63) is 18.3 Å². The number of carbonyl (C=O) groups is 1. The van der Waals surface area contributed by atoms with Crippen LogP contribution < -0.4 is 10.1 Å². The van der Waals surface area contributed by atoms with Gasteiger partial charge in [-0.2, -0.15) is 0 Å². The van der Waals surface area contributed by atoms with Crippen LogP contribution in [0.3, 0.4) is 0 Å². The number of hydrogen-bond donors (Lipinski definition) is 1. The maximum Gasteiger partial charge on any atom is 0.322 e. The number of aromatic nitrogens is 1. The summed E-state index contributed by atoms with van der Waals surface area (Å²) in [5, 5.41) is 2.94. The highest BCUT2D eigenvalue weighted by atomic mass is 16.5. The Morgan fingerprint density at radius 3 is 2.88 bits per heavy atom. The minimum atomic E-state index is -0.0804. The number of amides is 2. The zero-order valence-electron chi connectivity index (χ0n) is 15.3. The van der Waals surface area contributed by atoms with Crippen LogP contribution in [0.1, 0.15) is 26.7 Å². The number of morpholine rings is 1. The van der Waals surface area contributed by atoms with E-state index < -0.39 is 0 Å². The number of nitrogens with zero attached hydrogens (tertiary/aromatic N) is 3. The normalized spacial score (nSPS) is 27.3. The molecular formula is C18H28N4O3. The van der Waals surface area contributed by atoms with Crippen LogP contribution in [0.4, 0.5) is 10.5 Å². The quantitative estimate of drug-likeness (QED) is 0.903. The summed E-state index contributed by atoms with van der Waals surface area (Å²) in [6, 6.07) is 3.75. The maximum atomic E-state index is 12.8. The van der Waals surface area contributed by atoms with E-state index in [0.717, 1.165) is 39.0 Å². The fourth-order valence-electron chi connectivity index (χ4n) is 3.86. The van der Waals surface area contributed by atoms with Crippen molar-refractivity contribution in [3.63, 3.8) is 0 Å². The third kappa shape index (κ3) is 4.41. The highest BCUT2D eigenvalue weighted by molar-refractivity contribution is 5.90. The van der Waals surface area contributed by atoms with Gasteiger partial charge < -0.3 is 19.7 Å². The molecular weight excluding hydrogens is 320 g/mol. The summed E-state index contributed by atoms with van der Waals surface area (Å²) in [5.41, 5.74) is 0.606. The Balaban J connectivity index is 1.61. The average molecular weight is 348 g/mol. The highest BCUT2D eigenvalue weighted by Crippen LogP contribution is 2.24. The lowest BCUT2D eigenvalue weighted by Crippen LogP contribution is -2.51. The van der Waals surface area contributed by atoms with Gasteiger partial charge in [-0.25, -0.2) is 9.78 Å². The topological polar surface area (TPSA) is 66.9 Å². The minimum Gasteiger partial charge on any atom is -0.480 e. The second-order valence-corrected chi connectivity index (χ2v) is 6.96. The van der Waals surface area contributed by atoms with Gasteiger partial charge in [0, 0.05) is 38.4 Å². The monoisotopic (exact) mass is 348 g/mol. The molecule has 3 heterocycles. The first kappa shape index (κ1) is 17.9. The predicted octanol–water partition coefficient (Wildman–Crippen LogP) is 2.20. The molecule has 25 heavy (non-hydrogen) atoms. The second kappa shape index (κ2) is 8.01. The van der Waals surface area contributed by atoms with Gasteiger partial charge in [0.1, 0.15) is 5.69 Å². The van der Waals surface area contributed by atoms with Crippen molar-refractivity contribution in [2.75, 3.05) is 38.6 Å². The van der Waals surface area contributed by atoms with E-state index in [2.05, 4.69) is 29.0 Å². The van der Waals surface area contributed by atoms with E-state index in [1.807, 2.05) is 4.90 Å². The number of pyridine rings is 1. The molecule has 2 aliphatic rings. The van der Waals surface area contributed by atoms with Crippen LogP contribution in [0.5, 0.6) is 5.88 Å². The van der Waals surface area contributed by atoms with E-state index >= 15 is 0 Å². The zero-order valence-corrected chi connectivity index (χ0v) is 15.3. The van der Waals surface area contributed by atoms with E-state index in [0.29, 0.717) is 11.6 Å². The van der Waals surface area contributed by atoms with Crippen molar-refractivity contribution >= 4 is 11.7 Å². The summed E-state index contributed by atoms with van der Waals surface area (Å²) in [4.78, 5) is 21.2. The molecule has 2 aliphatic heterocycles. The fraction of sp³-hybridized carbons (Fsp3) is 0.667. The van der Waals surface area contributed by atoms with E-state index in [-0.39, 0.29) is 24.3 Å². The number of nitrogens with one attached hydrogen (secondary N) is 1. The molecule has 0 bridgehead atoms. The first-order valence-corrected chi connectivity index (χ1v) is 9.01. The summed E-state index contributed by atoms with van der Waals surface area (Å²) < 4.78 is 11.0. The molecule has 7 heteroatoms. The first-order valence-electron chi connectivity index (χ1n) is 9.01. The Morgan fingerprint density at radius 1 is 1.40 bits per heavy atom. The molecule has 2 amide bonds. The molecule has 1 aromatic heterocycles. The number of ether oxygens (including phenoxy) is 2. The van der Waals surface area contributed by atoms with Gasteiger partial charge in [0.2, 0.25) is 5.88 Å². The van der Waals surface area contributed by atoms with Gasteiger partial charge in [-0.15, -0.1) is 0 Å². The maximum absolute atomic E-state index is 12.8. The van der Waals surface area contributed by atoms with Crippen LogP contribution in [0.2, 0.25) is 0 Å². The third-order valence-corrected chi connectivity index (χ3v) is 4.81. The van der Waals surface area contributed by atoms with Crippen molar-refractivity contribution < 1.29 is 14.3 Å². The number of hydrogen-bond acceptors (Lipinski definition) is 5. The average Bonchev–Trinajstić information content (AvgIpc) is 3.02. The second-order valence-electron chi connectivity index (χ2n) is 6.96. The summed E-state index contributed by atoms with van der Waals surface area (Å²) in [5.74, 6) is 0.433. The number of urea groups is 1. The largest absolute Gasteiger partial charge is 0.480 e. The van der Waals surface area contributed by atoms with Gasteiger partial charge in [-0.1, -0.05) is 0 Å². The third-order valence-electron chi connectivity index (χ3n) is 4.81.